The molecule has 1 aliphatic heterocycles. The molecule has 106 valence electrons. The molecule has 4 aliphatic carbocycles. The van der Waals surface area contributed by atoms with Gasteiger partial charge >= 0.3 is 5.97 Å². The van der Waals surface area contributed by atoms with E-state index in [1.165, 1.54) is 38.5 Å². The van der Waals surface area contributed by atoms with Crippen molar-refractivity contribution in [1.29, 1.82) is 0 Å². The van der Waals surface area contributed by atoms with Crippen LogP contribution in [0.3, 0.4) is 0 Å². The van der Waals surface area contributed by atoms with E-state index in [0.717, 1.165) is 37.3 Å². The van der Waals surface area contributed by atoms with Gasteiger partial charge in [-0.25, -0.2) is 0 Å². The zero-order valence-electron chi connectivity index (χ0n) is 11.7. The van der Waals surface area contributed by atoms with Crippen LogP contribution in [0.1, 0.15) is 44.9 Å². The van der Waals surface area contributed by atoms with Crippen molar-refractivity contribution < 1.29 is 9.53 Å². The first-order valence-electron chi connectivity index (χ1n) is 8.10. The van der Waals surface area contributed by atoms with E-state index in [1.807, 2.05) is 0 Å². The van der Waals surface area contributed by atoms with E-state index in [4.69, 9.17) is 4.74 Å². The van der Waals surface area contributed by atoms with Crippen LogP contribution < -0.4 is 5.32 Å². The molecule has 19 heavy (non-hydrogen) atoms. The molecule has 1 atom stereocenters. The normalized spacial score (nSPS) is 47.6. The van der Waals surface area contributed by atoms with Gasteiger partial charge in [0.1, 0.15) is 0 Å². The van der Waals surface area contributed by atoms with Crippen LogP contribution in [0.25, 0.3) is 0 Å². The van der Waals surface area contributed by atoms with E-state index in [2.05, 4.69) is 5.32 Å². The second-order valence-electron chi connectivity index (χ2n) is 7.71. The molecule has 4 bridgehead atoms. The number of nitrogens with one attached hydrogen (secondary N) is 1. The first kappa shape index (κ1) is 12.2. The molecule has 0 aromatic carbocycles. The molecule has 1 unspecified atom stereocenters. The van der Waals surface area contributed by atoms with Crippen LogP contribution in [0.2, 0.25) is 0 Å². The van der Waals surface area contributed by atoms with Crippen LogP contribution in [0, 0.1) is 29.1 Å². The molecule has 1 N–H and O–H groups in total. The lowest BCUT2D eigenvalue weighted by Crippen LogP contribution is -2.48. The number of ether oxygens (including phenoxy) is 1. The summed E-state index contributed by atoms with van der Waals surface area (Å²) in [6.45, 7) is 2.50. The van der Waals surface area contributed by atoms with Crippen molar-refractivity contribution in [2.75, 3.05) is 19.7 Å². The number of hydrogen-bond donors (Lipinski definition) is 1. The lowest BCUT2D eigenvalue weighted by Gasteiger charge is -2.56. The van der Waals surface area contributed by atoms with Crippen LogP contribution in [-0.2, 0) is 9.53 Å². The maximum absolute atomic E-state index is 12.1. The summed E-state index contributed by atoms with van der Waals surface area (Å²) >= 11 is 0. The first-order valence-corrected chi connectivity index (χ1v) is 8.10. The third-order valence-corrected chi connectivity index (χ3v) is 6.08. The molecule has 4 saturated carbocycles. The SMILES string of the molecule is O=C(OCC12CC3CC(CC(C3)C1)C2)C1CCNC1. The maximum Gasteiger partial charge on any atom is 0.310 e. The molecule has 0 spiro atoms. The van der Waals surface area contributed by atoms with Crippen molar-refractivity contribution in [3.05, 3.63) is 0 Å². The highest BCUT2D eigenvalue weighted by Gasteiger charge is 2.51. The Morgan fingerprint density at radius 1 is 1.11 bits per heavy atom. The molecule has 3 nitrogen and oxygen atoms in total. The topological polar surface area (TPSA) is 38.3 Å². The summed E-state index contributed by atoms with van der Waals surface area (Å²) < 4.78 is 5.73. The Hall–Kier alpha value is -0.570. The molecule has 0 radical (unpaired) electrons. The Balaban J connectivity index is 1.38. The standard InChI is InChI=1S/C16H25NO2/c18-15(14-1-2-17-9-14)19-10-16-6-11-3-12(7-16)5-13(4-11)8-16/h11-14,17H,1-10H2. The zero-order valence-corrected chi connectivity index (χ0v) is 11.7. The van der Waals surface area contributed by atoms with Crippen molar-refractivity contribution in [3.8, 4) is 0 Å². The summed E-state index contributed by atoms with van der Waals surface area (Å²) in [5.74, 6) is 3.00. The number of carbonyl (C=O) groups excluding carboxylic acids is 1. The predicted molar refractivity (Wildman–Crippen MR) is 72.5 cm³/mol. The highest BCUT2D eigenvalue weighted by atomic mass is 16.5. The minimum Gasteiger partial charge on any atom is -0.465 e. The number of rotatable bonds is 3. The van der Waals surface area contributed by atoms with Crippen LogP contribution in [0.4, 0.5) is 0 Å². The van der Waals surface area contributed by atoms with Gasteiger partial charge in [-0.1, -0.05) is 0 Å². The van der Waals surface area contributed by atoms with Gasteiger partial charge in [0.25, 0.3) is 0 Å². The molecule has 5 aliphatic rings. The Bertz CT molecular complexity index is 338. The van der Waals surface area contributed by atoms with Crippen LogP contribution >= 0.6 is 0 Å². The summed E-state index contributed by atoms with van der Waals surface area (Å²) in [5.41, 5.74) is 0.371. The fraction of sp³-hybridized carbons (Fsp3) is 0.938. The average Bonchev–Trinajstić information content (AvgIpc) is 2.88. The third kappa shape index (κ3) is 2.20. The van der Waals surface area contributed by atoms with E-state index in [1.54, 1.807) is 0 Å². The molecule has 1 heterocycles. The van der Waals surface area contributed by atoms with Crippen LogP contribution in [-0.4, -0.2) is 25.7 Å². The molecule has 0 aromatic rings. The molecular formula is C16H25NO2. The van der Waals surface area contributed by atoms with Gasteiger partial charge in [-0.05, 0) is 69.2 Å². The molecular weight excluding hydrogens is 238 g/mol. The highest BCUT2D eigenvalue weighted by Crippen LogP contribution is 2.60. The minimum absolute atomic E-state index is 0.0562. The Morgan fingerprint density at radius 2 is 1.74 bits per heavy atom. The van der Waals surface area contributed by atoms with Gasteiger partial charge in [-0.3, -0.25) is 4.79 Å². The predicted octanol–water partition coefficient (Wildman–Crippen LogP) is 2.36. The van der Waals surface area contributed by atoms with Gasteiger partial charge in [0.05, 0.1) is 12.5 Å². The van der Waals surface area contributed by atoms with Crippen LogP contribution in [0.15, 0.2) is 0 Å². The fourth-order valence-electron chi connectivity index (χ4n) is 5.66. The van der Waals surface area contributed by atoms with Gasteiger partial charge in [-0.2, -0.15) is 0 Å². The van der Waals surface area contributed by atoms with Crippen molar-refractivity contribution in [1.82, 2.24) is 5.32 Å². The summed E-state index contributed by atoms with van der Waals surface area (Å²) in [7, 11) is 0. The number of carbonyl (C=O) groups is 1. The summed E-state index contributed by atoms with van der Waals surface area (Å²) in [4.78, 5) is 12.1. The van der Waals surface area contributed by atoms with E-state index in [0.29, 0.717) is 12.0 Å². The van der Waals surface area contributed by atoms with Crippen LogP contribution in [0.5, 0.6) is 0 Å². The summed E-state index contributed by atoms with van der Waals surface area (Å²) in [6.07, 6.45) is 9.32. The molecule has 3 heteroatoms. The quantitative estimate of drug-likeness (QED) is 0.794. The maximum atomic E-state index is 12.1. The molecule has 0 amide bonds. The van der Waals surface area contributed by atoms with Crippen molar-refractivity contribution in [3.63, 3.8) is 0 Å². The molecule has 5 fully saturated rings. The third-order valence-electron chi connectivity index (χ3n) is 6.08. The van der Waals surface area contributed by atoms with Gasteiger partial charge in [0, 0.05) is 12.0 Å². The summed E-state index contributed by atoms with van der Waals surface area (Å²) in [5, 5.41) is 3.25. The van der Waals surface area contributed by atoms with Crippen molar-refractivity contribution in [2.45, 2.75) is 44.9 Å². The van der Waals surface area contributed by atoms with E-state index in [9.17, 15) is 4.79 Å². The lowest BCUT2D eigenvalue weighted by atomic mass is 9.50. The first-order chi connectivity index (χ1) is 9.22. The van der Waals surface area contributed by atoms with Gasteiger partial charge in [0.2, 0.25) is 0 Å². The molecule has 5 rings (SSSR count). The number of esters is 1. The van der Waals surface area contributed by atoms with E-state index < -0.39 is 0 Å². The van der Waals surface area contributed by atoms with Gasteiger partial charge in [-0.15, -0.1) is 0 Å². The van der Waals surface area contributed by atoms with Crippen molar-refractivity contribution >= 4 is 5.97 Å². The Morgan fingerprint density at radius 3 is 2.26 bits per heavy atom. The highest BCUT2D eigenvalue weighted by molar-refractivity contribution is 5.73. The molecule has 1 saturated heterocycles. The fourth-order valence-corrected chi connectivity index (χ4v) is 5.66. The van der Waals surface area contributed by atoms with E-state index >= 15 is 0 Å². The van der Waals surface area contributed by atoms with E-state index in [-0.39, 0.29) is 11.9 Å². The minimum atomic E-state index is 0.0562. The molecule has 0 aromatic heterocycles. The largest absolute Gasteiger partial charge is 0.465 e. The second-order valence-corrected chi connectivity index (χ2v) is 7.71. The smallest absolute Gasteiger partial charge is 0.310 e. The zero-order chi connectivity index (χ0) is 12.9. The summed E-state index contributed by atoms with van der Waals surface area (Å²) in [6, 6.07) is 0. The van der Waals surface area contributed by atoms with Gasteiger partial charge in [0.15, 0.2) is 0 Å². The van der Waals surface area contributed by atoms with Crippen molar-refractivity contribution in [2.24, 2.45) is 29.1 Å². The Labute approximate surface area is 115 Å². The van der Waals surface area contributed by atoms with Gasteiger partial charge < -0.3 is 10.1 Å². The Kier molecular flexibility index (Phi) is 2.87. The average molecular weight is 263 g/mol. The number of hydrogen-bond acceptors (Lipinski definition) is 3. The monoisotopic (exact) mass is 263 g/mol. The lowest BCUT2D eigenvalue weighted by molar-refractivity contribution is -0.159. The second kappa shape index (κ2) is 4.47.